The fourth-order valence-corrected chi connectivity index (χ4v) is 4.59. The van der Waals surface area contributed by atoms with Gasteiger partial charge < -0.3 is 0 Å². The summed E-state index contributed by atoms with van der Waals surface area (Å²) in [4.78, 5) is 29.2. The van der Waals surface area contributed by atoms with E-state index in [1.165, 1.54) is 29.5 Å². The first-order chi connectivity index (χ1) is 15.5. The number of nitro benzene ring substituents is 1. The molecule has 0 radical (unpaired) electrons. The number of hydrogen-bond donors (Lipinski definition) is 0. The van der Waals surface area contributed by atoms with E-state index in [0.717, 1.165) is 19.3 Å². The third-order valence-corrected chi connectivity index (χ3v) is 6.54. The van der Waals surface area contributed by atoms with Crippen molar-refractivity contribution in [3.8, 4) is 5.69 Å². The Hall–Kier alpha value is -3.16. The van der Waals surface area contributed by atoms with Crippen LogP contribution in [0.5, 0.6) is 0 Å². The lowest BCUT2D eigenvalue weighted by Crippen LogP contribution is -2.21. The van der Waals surface area contributed by atoms with Crippen LogP contribution in [0.2, 0.25) is 5.02 Å². The van der Waals surface area contributed by atoms with Crippen LogP contribution in [0.15, 0.2) is 81.6 Å². The summed E-state index contributed by atoms with van der Waals surface area (Å²) in [6.45, 7) is 2.15. The molecule has 0 bridgehead atoms. The van der Waals surface area contributed by atoms with Gasteiger partial charge in [-0.1, -0.05) is 49.2 Å². The van der Waals surface area contributed by atoms with Crippen molar-refractivity contribution in [2.45, 2.75) is 36.2 Å². The fourth-order valence-electron chi connectivity index (χ4n) is 3.39. The van der Waals surface area contributed by atoms with Crippen molar-refractivity contribution < 1.29 is 4.92 Å². The molecular formula is C24H20ClN3O3S. The zero-order valence-electron chi connectivity index (χ0n) is 17.3. The molecule has 0 spiro atoms. The molecule has 4 rings (SSSR count). The third-order valence-electron chi connectivity index (χ3n) is 5.09. The second-order valence-electron chi connectivity index (χ2n) is 7.30. The summed E-state index contributed by atoms with van der Waals surface area (Å²) in [5, 5.41) is 12.2. The number of unbranched alkanes of at least 4 members (excludes halogenated alkanes) is 1. The van der Waals surface area contributed by atoms with Crippen molar-refractivity contribution in [2.24, 2.45) is 0 Å². The lowest BCUT2D eigenvalue weighted by Gasteiger charge is -2.14. The SMILES string of the molecule is CCCCc1ccc(-n2c(Sc3ccc([N+](=O)[O-])cc3Cl)nc3ccccc3c2=O)cc1. The number of hydrogen-bond acceptors (Lipinski definition) is 5. The number of fused-ring (bicyclic) bond motifs is 1. The topological polar surface area (TPSA) is 78.0 Å². The van der Waals surface area contributed by atoms with Gasteiger partial charge in [0.25, 0.3) is 11.2 Å². The first kappa shape index (κ1) is 22.0. The number of non-ortho nitro benzene ring substituents is 1. The van der Waals surface area contributed by atoms with Crippen LogP contribution in [0, 0.1) is 10.1 Å². The number of para-hydroxylation sites is 1. The summed E-state index contributed by atoms with van der Waals surface area (Å²) in [5.74, 6) is 0. The number of rotatable bonds is 7. The minimum atomic E-state index is -0.495. The molecule has 0 N–H and O–H groups in total. The van der Waals surface area contributed by atoms with Gasteiger partial charge in [0.15, 0.2) is 5.16 Å². The van der Waals surface area contributed by atoms with E-state index in [4.69, 9.17) is 16.6 Å². The minimum absolute atomic E-state index is 0.0918. The van der Waals surface area contributed by atoms with Crippen molar-refractivity contribution in [2.75, 3.05) is 0 Å². The lowest BCUT2D eigenvalue weighted by molar-refractivity contribution is -0.384. The van der Waals surface area contributed by atoms with Gasteiger partial charge in [0.2, 0.25) is 0 Å². The number of benzene rings is 3. The van der Waals surface area contributed by atoms with Crippen molar-refractivity contribution in [1.29, 1.82) is 0 Å². The molecule has 0 aliphatic rings. The molecule has 8 heteroatoms. The molecule has 6 nitrogen and oxygen atoms in total. The van der Waals surface area contributed by atoms with Crippen molar-refractivity contribution in [3.63, 3.8) is 0 Å². The Bertz CT molecular complexity index is 1350. The van der Waals surface area contributed by atoms with E-state index < -0.39 is 4.92 Å². The Morgan fingerprint density at radius 1 is 1.09 bits per heavy atom. The van der Waals surface area contributed by atoms with Gasteiger partial charge in [-0.2, -0.15) is 0 Å². The lowest BCUT2D eigenvalue weighted by atomic mass is 10.1. The third kappa shape index (κ3) is 4.54. The molecule has 0 fully saturated rings. The molecule has 1 heterocycles. The molecule has 3 aromatic carbocycles. The molecule has 162 valence electrons. The van der Waals surface area contributed by atoms with Gasteiger partial charge >= 0.3 is 0 Å². The van der Waals surface area contributed by atoms with E-state index in [1.807, 2.05) is 36.4 Å². The van der Waals surface area contributed by atoms with E-state index in [-0.39, 0.29) is 16.3 Å². The van der Waals surface area contributed by atoms with Gasteiger partial charge in [-0.15, -0.1) is 0 Å². The molecule has 0 aliphatic heterocycles. The van der Waals surface area contributed by atoms with Gasteiger partial charge in [-0.25, -0.2) is 4.98 Å². The fraction of sp³-hybridized carbons (Fsp3) is 0.167. The molecule has 0 amide bonds. The van der Waals surface area contributed by atoms with Crippen molar-refractivity contribution >= 4 is 40.0 Å². The average Bonchev–Trinajstić information content (AvgIpc) is 2.79. The van der Waals surface area contributed by atoms with Crippen molar-refractivity contribution in [3.05, 3.63) is 97.8 Å². The van der Waals surface area contributed by atoms with Gasteiger partial charge in [0.1, 0.15) is 0 Å². The first-order valence-electron chi connectivity index (χ1n) is 10.2. The highest BCUT2D eigenvalue weighted by Gasteiger charge is 2.17. The molecule has 1 aromatic heterocycles. The van der Waals surface area contributed by atoms with Crippen LogP contribution < -0.4 is 5.56 Å². The highest BCUT2D eigenvalue weighted by molar-refractivity contribution is 7.99. The highest BCUT2D eigenvalue weighted by Crippen LogP contribution is 2.35. The first-order valence-corrected chi connectivity index (χ1v) is 11.4. The number of nitrogens with zero attached hydrogens (tertiary/aromatic N) is 3. The predicted octanol–water partition coefficient (Wildman–Crippen LogP) is 6.44. The van der Waals surface area contributed by atoms with E-state index in [0.29, 0.717) is 26.6 Å². The summed E-state index contributed by atoms with van der Waals surface area (Å²) in [6.07, 6.45) is 3.21. The average molecular weight is 466 g/mol. The van der Waals surface area contributed by atoms with Crippen LogP contribution in [0.1, 0.15) is 25.3 Å². The molecular weight excluding hydrogens is 446 g/mol. The molecule has 0 saturated heterocycles. The zero-order valence-corrected chi connectivity index (χ0v) is 18.9. The summed E-state index contributed by atoms with van der Waals surface area (Å²) < 4.78 is 1.56. The van der Waals surface area contributed by atoms with E-state index in [9.17, 15) is 14.9 Å². The zero-order chi connectivity index (χ0) is 22.7. The van der Waals surface area contributed by atoms with Crippen LogP contribution in [0.4, 0.5) is 5.69 Å². The molecule has 0 unspecified atom stereocenters. The van der Waals surface area contributed by atoms with Crippen LogP contribution in [-0.2, 0) is 6.42 Å². The Kier molecular flexibility index (Phi) is 6.58. The highest BCUT2D eigenvalue weighted by atomic mass is 35.5. The number of nitro groups is 1. The Morgan fingerprint density at radius 2 is 1.84 bits per heavy atom. The smallest absolute Gasteiger partial charge is 0.268 e. The summed E-state index contributed by atoms with van der Waals surface area (Å²) in [7, 11) is 0. The number of halogens is 1. The monoisotopic (exact) mass is 465 g/mol. The van der Waals surface area contributed by atoms with Crippen LogP contribution in [-0.4, -0.2) is 14.5 Å². The molecule has 32 heavy (non-hydrogen) atoms. The van der Waals surface area contributed by atoms with Gasteiger partial charge in [0, 0.05) is 17.0 Å². The van der Waals surface area contributed by atoms with Gasteiger partial charge in [0.05, 0.1) is 26.5 Å². The standard InChI is InChI=1S/C24H20ClN3O3S/c1-2-3-6-16-9-11-17(12-10-16)27-23(29)19-7-4-5-8-21(19)26-24(27)32-22-14-13-18(28(30)31)15-20(22)25/h4-5,7-15H,2-3,6H2,1H3. The van der Waals surface area contributed by atoms with Crippen LogP contribution >= 0.6 is 23.4 Å². The minimum Gasteiger partial charge on any atom is -0.268 e. The van der Waals surface area contributed by atoms with Gasteiger partial charge in [-0.3, -0.25) is 19.5 Å². The molecule has 0 atom stereocenters. The second-order valence-corrected chi connectivity index (χ2v) is 8.71. The maximum absolute atomic E-state index is 13.4. The molecule has 0 saturated carbocycles. The molecule has 4 aromatic rings. The normalized spacial score (nSPS) is 11.1. The second kappa shape index (κ2) is 9.54. The van der Waals surface area contributed by atoms with E-state index in [2.05, 4.69) is 6.92 Å². The number of aryl methyl sites for hydroxylation is 1. The van der Waals surface area contributed by atoms with Crippen molar-refractivity contribution in [1.82, 2.24) is 9.55 Å². The summed E-state index contributed by atoms with van der Waals surface area (Å²) >= 11 is 7.51. The van der Waals surface area contributed by atoms with Gasteiger partial charge in [-0.05, 0) is 60.5 Å². The Balaban J connectivity index is 1.83. The van der Waals surface area contributed by atoms with E-state index >= 15 is 0 Å². The largest absolute Gasteiger partial charge is 0.270 e. The van der Waals surface area contributed by atoms with Crippen LogP contribution in [0.3, 0.4) is 0 Å². The predicted molar refractivity (Wildman–Crippen MR) is 128 cm³/mol. The molecule has 0 aliphatic carbocycles. The summed E-state index contributed by atoms with van der Waals surface area (Å²) in [6, 6.07) is 19.3. The van der Waals surface area contributed by atoms with Crippen LogP contribution in [0.25, 0.3) is 16.6 Å². The maximum Gasteiger partial charge on any atom is 0.270 e. The quantitative estimate of drug-likeness (QED) is 0.178. The van der Waals surface area contributed by atoms with E-state index in [1.54, 1.807) is 22.8 Å². The summed E-state index contributed by atoms with van der Waals surface area (Å²) in [5.41, 5.74) is 2.22. The number of aromatic nitrogens is 2. The Labute approximate surface area is 194 Å². The maximum atomic E-state index is 13.4. The Morgan fingerprint density at radius 3 is 2.53 bits per heavy atom.